The van der Waals surface area contributed by atoms with Gasteiger partial charge in [-0.1, -0.05) is 36.2 Å². The first-order valence-corrected chi connectivity index (χ1v) is 5.91. The Labute approximate surface area is 92.5 Å². The molecule has 0 aromatic heterocycles. The molecule has 1 aliphatic heterocycles. The average Bonchev–Trinajstić information content (AvgIpc) is 2.91. The highest BCUT2D eigenvalue weighted by Crippen LogP contribution is 2.29. The largest absolute Gasteiger partial charge is 0.370 e. The Bertz CT molecular complexity index is 323. The molecule has 82 valence electrons. The van der Waals surface area contributed by atoms with Gasteiger partial charge in [-0.3, -0.25) is 0 Å². The van der Waals surface area contributed by atoms with Crippen molar-refractivity contribution in [3.8, 4) is 0 Å². The molecule has 1 fully saturated rings. The molecule has 1 saturated heterocycles. The molecule has 1 aromatic carbocycles. The van der Waals surface area contributed by atoms with Crippen LogP contribution in [0.2, 0.25) is 0 Å². The summed E-state index contributed by atoms with van der Waals surface area (Å²) < 4.78 is 5.55. The van der Waals surface area contributed by atoms with Crippen molar-refractivity contribution in [2.45, 2.75) is 52.2 Å². The molecule has 1 nitrogen and oxygen atoms in total. The van der Waals surface area contributed by atoms with E-state index in [1.54, 1.807) is 0 Å². The topological polar surface area (TPSA) is 12.5 Å². The minimum Gasteiger partial charge on any atom is -0.370 e. The third-order valence-electron chi connectivity index (χ3n) is 3.09. The summed E-state index contributed by atoms with van der Waals surface area (Å²) in [4.78, 5) is 0. The minimum atomic E-state index is 0.538. The van der Waals surface area contributed by atoms with Crippen molar-refractivity contribution in [1.29, 1.82) is 0 Å². The molecule has 1 aliphatic rings. The first-order chi connectivity index (χ1) is 7.19. The molecule has 1 heterocycles. The van der Waals surface area contributed by atoms with E-state index in [4.69, 9.17) is 4.74 Å². The van der Waals surface area contributed by atoms with Gasteiger partial charge in [-0.25, -0.2) is 0 Å². The molecule has 0 N–H and O–H groups in total. The quantitative estimate of drug-likeness (QED) is 0.685. The predicted molar refractivity (Wildman–Crippen MR) is 63.2 cm³/mol. The lowest BCUT2D eigenvalue weighted by Crippen LogP contribution is -1.96. The molecule has 0 aliphatic carbocycles. The Morgan fingerprint density at radius 2 is 1.73 bits per heavy atom. The molecular formula is C14H20O. The second kappa shape index (κ2) is 4.36. The summed E-state index contributed by atoms with van der Waals surface area (Å²) in [5, 5.41) is 0. The smallest absolute Gasteiger partial charge is 0.0845 e. The van der Waals surface area contributed by atoms with Gasteiger partial charge in [-0.2, -0.15) is 0 Å². The average molecular weight is 204 g/mol. The van der Waals surface area contributed by atoms with Crippen LogP contribution in [-0.4, -0.2) is 12.2 Å². The molecular weight excluding hydrogens is 184 g/mol. The maximum atomic E-state index is 5.55. The number of ether oxygens (including phenoxy) is 1. The Hall–Kier alpha value is -0.820. The monoisotopic (exact) mass is 204 g/mol. The molecule has 0 amide bonds. The molecule has 2 atom stereocenters. The van der Waals surface area contributed by atoms with Crippen molar-refractivity contribution in [1.82, 2.24) is 0 Å². The van der Waals surface area contributed by atoms with E-state index in [1.807, 2.05) is 0 Å². The van der Waals surface area contributed by atoms with Gasteiger partial charge in [0.1, 0.15) is 0 Å². The van der Waals surface area contributed by atoms with Crippen LogP contribution >= 0.6 is 0 Å². The Morgan fingerprint density at radius 3 is 2.27 bits per heavy atom. The molecule has 1 heteroatoms. The molecule has 0 saturated carbocycles. The van der Waals surface area contributed by atoms with E-state index in [-0.39, 0.29) is 0 Å². The maximum Gasteiger partial charge on any atom is 0.0845 e. The van der Waals surface area contributed by atoms with E-state index in [0.717, 1.165) is 12.8 Å². The van der Waals surface area contributed by atoms with E-state index in [9.17, 15) is 0 Å². The fourth-order valence-corrected chi connectivity index (χ4v) is 2.31. The van der Waals surface area contributed by atoms with Crippen molar-refractivity contribution in [3.63, 3.8) is 0 Å². The third-order valence-corrected chi connectivity index (χ3v) is 3.09. The van der Waals surface area contributed by atoms with Gasteiger partial charge >= 0.3 is 0 Å². The van der Waals surface area contributed by atoms with Crippen LogP contribution in [0.1, 0.15) is 36.5 Å². The zero-order chi connectivity index (χ0) is 10.8. The molecule has 0 bridgehead atoms. The number of epoxide rings is 1. The maximum absolute atomic E-state index is 5.55. The van der Waals surface area contributed by atoms with Crippen molar-refractivity contribution in [2.24, 2.45) is 0 Å². The predicted octanol–water partition coefficient (Wildman–Crippen LogP) is 3.41. The number of hydrogen-bond donors (Lipinski definition) is 0. The van der Waals surface area contributed by atoms with Crippen molar-refractivity contribution < 1.29 is 4.74 Å². The Balaban J connectivity index is 1.88. The lowest BCUT2D eigenvalue weighted by Gasteiger charge is -2.03. The molecule has 0 spiro atoms. The van der Waals surface area contributed by atoms with Crippen LogP contribution < -0.4 is 0 Å². The van der Waals surface area contributed by atoms with Gasteiger partial charge in [0.05, 0.1) is 12.2 Å². The standard InChI is InChI=1S/C14H20O/c1-4-13-14(15-13)6-5-12-8-10(2)7-11(3)9-12/h7-9,13-14H,4-6H2,1-3H3. The summed E-state index contributed by atoms with van der Waals surface area (Å²) in [6.45, 7) is 6.53. The summed E-state index contributed by atoms with van der Waals surface area (Å²) in [6, 6.07) is 6.80. The molecule has 2 rings (SSSR count). The van der Waals surface area contributed by atoms with Gasteiger partial charge in [-0.15, -0.1) is 0 Å². The van der Waals surface area contributed by atoms with Crippen LogP contribution in [0.4, 0.5) is 0 Å². The Kier molecular flexibility index (Phi) is 3.11. The first kappa shape index (κ1) is 10.7. The molecule has 2 unspecified atom stereocenters. The van der Waals surface area contributed by atoms with E-state index in [1.165, 1.54) is 23.1 Å². The summed E-state index contributed by atoms with van der Waals surface area (Å²) in [6.07, 6.45) is 4.59. The van der Waals surface area contributed by atoms with Gasteiger partial charge in [0.25, 0.3) is 0 Å². The van der Waals surface area contributed by atoms with E-state index < -0.39 is 0 Å². The fraction of sp³-hybridized carbons (Fsp3) is 0.571. The Morgan fingerprint density at radius 1 is 1.07 bits per heavy atom. The first-order valence-electron chi connectivity index (χ1n) is 5.91. The zero-order valence-corrected chi connectivity index (χ0v) is 9.92. The second-order valence-electron chi connectivity index (χ2n) is 4.66. The lowest BCUT2D eigenvalue weighted by atomic mass is 10.0. The number of benzene rings is 1. The normalized spacial score (nSPS) is 24.2. The van der Waals surface area contributed by atoms with Crippen molar-refractivity contribution in [2.75, 3.05) is 0 Å². The van der Waals surface area contributed by atoms with Crippen molar-refractivity contribution in [3.05, 3.63) is 34.9 Å². The number of rotatable bonds is 4. The van der Waals surface area contributed by atoms with Crippen LogP contribution in [0.25, 0.3) is 0 Å². The summed E-state index contributed by atoms with van der Waals surface area (Å²) in [5.41, 5.74) is 4.19. The van der Waals surface area contributed by atoms with Gasteiger partial charge in [-0.05, 0) is 38.7 Å². The van der Waals surface area contributed by atoms with Crippen LogP contribution in [0.3, 0.4) is 0 Å². The van der Waals surface area contributed by atoms with Gasteiger partial charge < -0.3 is 4.74 Å². The molecule has 1 aromatic rings. The third kappa shape index (κ3) is 2.82. The van der Waals surface area contributed by atoms with Gasteiger partial charge in [0.15, 0.2) is 0 Å². The number of aryl methyl sites for hydroxylation is 3. The summed E-state index contributed by atoms with van der Waals surface area (Å²) in [7, 11) is 0. The minimum absolute atomic E-state index is 0.538. The second-order valence-corrected chi connectivity index (χ2v) is 4.66. The van der Waals surface area contributed by atoms with Gasteiger partial charge in [0, 0.05) is 0 Å². The van der Waals surface area contributed by atoms with E-state index in [0.29, 0.717) is 12.2 Å². The number of hydrogen-bond acceptors (Lipinski definition) is 1. The van der Waals surface area contributed by atoms with Crippen LogP contribution in [-0.2, 0) is 11.2 Å². The van der Waals surface area contributed by atoms with Crippen LogP contribution in [0.15, 0.2) is 18.2 Å². The van der Waals surface area contributed by atoms with E-state index >= 15 is 0 Å². The van der Waals surface area contributed by atoms with Crippen LogP contribution in [0.5, 0.6) is 0 Å². The summed E-state index contributed by atoms with van der Waals surface area (Å²) in [5.74, 6) is 0. The van der Waals surface area contributed by atoms with Crippen LogP contribution in [0, 0.1) is 13.8 Å². The zero-order valence-electron chi connectivity index (χ0n) is 9.92. The van der Waals surface area contributed by atoms with E-state index in [2.05, 4.69) is 39.0 Å². The van der Waals surface area contributed by atoms with Gasteiger partial charge in [0.2, 0.25) is 0 Å². The lowest BCUT2D eigenvalue weighted by molar-refractivity contribution is 0.360. The molecule has 0 radical (unpaired) electrons. The SMILES string of the molecule is CCC1OC1CCc1cc(C)cc(C)c1. The highest BCUT2D eigenvalue weighted by Gasteiger charge is 2.35. The van der Waals surface area contributed by atoms with Crippen molar-refractivity contribution >= 4 is 0 Å². The molecule has 15 heavy (non-hydrogen) atoms. The highest BCUT2D eigenvalue weighted by molar-refractivity contribution is 5.28. The highest BCUT2D eigenvalue weighted by atomic mass is 16.6. The fourth-order valence-electron chi connectivity index (χ4n) is 2.31. The summed E-state index contributed by atoms with van der Waals surface area (Å²) >= 11 is 0.